The largest absolute Gasteiger partial charge is 0.488 e. The Hall–Kier alpha value is -10.2. The molecule has 0 N–H and O–H groups in total. The summed E-state index contributed by atoms with van der Waals surface area (Å²) in [5, 5.41) is 23.5. The maximum Gasteiger partial charge on any atom is 0.128 e. The van der Waals surface area contributed by atoms with Crippen LogP contribution in [0.25, 0.3) is 130 Å². The van der Waals surface area contributed by atoms with Gasteiger partial charge in [-0.1, -0.05) is 170 Å². The van der Waals surface area contributed by atoms with Crippen LogP contribution >= 0.6 is 0 Å². The van der Waals surface area contributed by atoms with Crippen LogP contribution in [0.1, 0.15) is 22.3 Å². The monoisotopic (exact) mass is 1020 g/mol. The van der Waals surface area contributed by atoms with Gasteiger partial charge in [-0.2, -0.15) is 0 Å². The van der Waals surface area contributed by atoms with Gasteiger partial charge in [0.2, 0.25) is 0 Å². The fourth-order valence-corrected chi connectivity index (χ4v) is 13.4. The zero-order valence-electron chi connectivity index (χ0n) is 43.6. The third-order valence-electron chi connectivity index (χ3n) is 16.9. The molecule has 11 heterocycles. The van der Waals surface area contributed by atoms with Crippen LogP contribution in [0.2, 0.25) is 0 Å². The highest BCUT2D eigenvalue weighted by molar-refractivity contribution is 6.25. The van der Waals surface area contributed by atoms with Gasteiger partial charge >= 0.3 is 0 Å². The summed E-state index contributed by atoms with van der Waals surface area (Å²) in [6.07, 6.45) is 0. The smallest absolute Gasteiger partial charge is 0.128 e. The quantitative estimate of drug-likeness (QED) is 0.142. The van der Waals surface area contributed by atoms with Gasteiger partial charge in [0, 0.05) is 22.3 Å². The molecule has 11 aliphatic rings. The van der Waals surface area contributed by atoms with Crippen molar-refractivity contribution >= 4 is 108 Å². The average Bonchev–Trinajstić information content (AvgIpc) is 3.57. The maximum atomic E-state index is 7.09. The highest BCUT2D eigenvalue weighted by Crippen LogP contribution is 2.49. The van der Waals surface area contributed by atoms with E-state index in [1.165, 1.54) is 64.6 Å². The molecule has 16 bridgehead atoms. The Labute approximate surface area is 460 Å². The lowest BCUT2D eigenvalue weighted by molar-refractivity contribution is 0.303. The van der Waals surface area contributed by atoms with Crippen molar-refractivity contribution < 1.29 is 18.9 Å². The number of benzene rings is 16. The van der Waals surface area contributed by atoms with E-state index in [0.29, 0.717) is 26.4 Å². The molecule has 11 aliphatic heterocycles. The first-order valence-electron chi connectivity index (χ1n) is 27.6. The summed E-state index contributed by atoms with van der Waals surface area (Å²) >= 11 is 0. The van der Waals surface area contributed by atoms with Crippen LogP contribution in [-0.4, -0.2) is 0 Å². The standard InChI is InChI=1S/C76H48O4/c1-5-13-61-49(9-1)25-29-65-73(61)74-62-14-6-2-10-50(62)26-30-66(74)78-42-46-35-55-21-23-59-39-48(40-60-24-22-56(36-46)70(55)72(59)60)44-80-68-32-28-52-12-4-8-16-64(52)76(68)75-63-15-7-3-11-51(63)27-31-67(75)79-43-47-37-57-19-17-53-33-45(41-77-65)34-54-18-20-58(38-47)71(57)69(53)54/h1-40H,41-44H2. The molecule has 376 valence electrons. The van der Waals surface area contributed by atoms with Gasteiger partial charge in [-0.25, -0.2) is 0 Å². The molecule has 0 aliphatic carbocycles. The van der Waals surface area contributed by atoms with E-state index in [4.69, 9.17) is 18.9 Å². The summed E-state index contributed by atoms with van der Waals surface area (Å²) in [7, 11) is 0. The number of rotatable bonds is 0. The van der Waals surface area contributed by atoms with Crippen molar-refractivity contribution in [2.45, 2.75) is 26.4 Å². The minimum atomic E-state index is 0.387. The molecular weight excluding hydrogens is 977 g/mol. The van der Waals surface area contributed by atoms with Crippen LogP contribution < -0.4 is 18.9 Å². The Kier molecular flexibility index (Phi) is 9.93. The van der Waals surface area contributed by atoms with Crippen molar-refractivity contribution in [3.8, 4) is 45.3 Å². The Morgan fingerprint density at radius 3 is 0.588 bits per heavy atom. The summed E-state index contributed by atoms with van der Waals surface area (Å²) in [4.78, 5) is 0. The predicted molar refractivity (Wildman–Crippen MR) is 331 cm³/mol. The SMILES string of the molecule is c1ccc2c3c(ccc2c1)OCc1cc2ccc4cc(cc5ccc(c1)c2c45)COc1ccc2ccccc2c1-c1c(ccc2ccccc12)OCc1cc2ccc4cc(cc5ccc(c1)c2c45)COc1ccc2ccccc2c1-3. The number of hydrogen-bond acceptors (Lipinski definition) is 4. The Morgan fingerprint density at radius 1 is 0.188 bits per heavy atom. The molecule has 0 radical (unpaired) electrons. The second-order valence-corrected chi connectivity index (χ2v) is 21.7. The lowest BCUT2D eigenvalue weighted by atomic mass is 9.91. The van der Waals surface area contributed by atoms with Gasteiger partial charge in [-0.05, 0) is 203 Å². The number of ether oxygens (including phenoxy) is 4. The molecule has 0 spiro atoms. The molecular formula is C76H48O4. The molecule has 27 rings (SSSR count). The summed E-state index contributed by atoms with van der Waals surface area (Å²) in [6.45, 7) is 1.55. The molecule has 4 heteroatoms. The zero-order chi connectivity index (χ0) is 52.4. The van der Waals surface area contributed by atoms with E-state index in [0.717, 1.165) is 111 Å². The van der Waals surface area contributed by atoms with Crippen LogP contribution in [0.5, 0.6) is 23.0 Å². The van der Waals surface area contributed by atoms with Crippen LogP contribution in [0.3, 0.4) is 0 Å². The van der Waals surface area contributed by atoms with Crippen molar-refractivity contribution in [3.63, 3.8) is 0 Å². The van der Waals surface area contributed by atoms with Gasteiger partial charge in [0.1, 0.15) is 49.4 Å². The fraction of sp³-hybridized carbons (Fsp3) is 0.0526. The minimum absolute atomic E-state index is 0.387. The van der Waals surface area contributed by atoms with Gasteiger partial charge in [-0.15, -0.1) is 0 Å². The van der Waals surface area contributed by atoms with E-state index in [-0.39, 0.29) is 0 Å². The van der Waals surface area contributed by atoms with E-state index in [2.05, 4.69) is 243 Å². The Balaban J connectivity index is 0.848. The molecule has 0 saturated heterocycles. The summed E-state index contributed by atoms with van der Waals surface area (Å²) in [5.74, 6) is 3.23. The van der Waals surface area contributed by atoms with E-state index < -0.39 is 0 Å². The first-order chi connectivity index (χ1) is 39.6. The fourth-order valence-electron chi connectivity index (χ4n) is 13.4. The number of hydrogen-bond donors (Lipinski definition) is 0. The van der Waals surface area contributed by atoms with Crippen molar-refractivity contribution in [2.24, 2.45) is 0 Å². The van der Waals surface area contributed by atoms with Crippen molar-refractivity contribution in [2.75, 3.05) is 0 Å². The highest BCUT2D eigenvalue weighted by Gasteiger charge is 2.23. The van der Waals surface area contributed by atoms with Crippen molar-refractivity contribution in [3.05, 3.63) is 265 Å². The molecule has 4 nitrogen and oxygen atoms in total. The van der Waals surface area contributed by atoms with E-state index in [1.54, 1.807) is 0 Å². The van der Waals surface area contributed by atoms with Crippen LogP contribution in [0.15, 0.2) is 243 Å². The van der Waals surface area contributed by atoms with Gasteiger partial charge in [0.15, 0.2) is 0 Å². The molecule has 0 fully saturated rings. The molecule has 0 saturated carbocycles. The van der Waals surface area contributed by atoms with Crippen LogP contribution in [0.4, 0.5) is 0 Å². The van der Waals surface area contributed by atoms with Gasteiger partial charge in [0.05, 0.1) is 0 Å². The molecule has 0 amide bonds. The predicted octanol–water partition coefficient (Wildman–Crippen LogP) is 20.1. The van der Waals surface area contributed by atoms with Gasteiger partial charge in [-0.3, -0.25) is 0 Å². The molecule has 16 aromatic rings. The molecule has 0 aromatic heterocycles. The third-order valence-corrected chi connectivity index (χ3v) is 16.9. The van der Waals surface area contributed by atoms with Crippen LogP contribution in [0, 0.1) is 0 Å². The Morgan fingerprint density at radius 2 is 0.375 bits per heavy atom. The van der Waals surface area contributed by atoms with Crippen LogP contribution in [-0.2, 0) is 26.4 Å². The zero-order valence-corrected chi connectivity index (χ0v) is 43.6. The molecule has 0 atom stereocenters. The first-order valence-corrected chi connectivity index (χ1v) is 27.6. The van der Waals surface area contributed by atoms with E-state index in [1.807, 2.05) is 0 Å². The minimum Gasteiger partial charge on any atom is -0.488 e. The molecule has 16 aromatic carbocycles. The lowest BCUT2D eigenvalue weighted by Crippen LogP contribution is -2.02. The van der Waals surface area contributed by atoms with Crippen molar-refractivity contribution in [1.82, 2.24) is 0 Å². The van der Waals surface area contributed by atoms with Crippen molar-refractivity contribution in [1.29, 1.82) is 0 Å². The van der Waals surface area contributed by atoms with E-state index in [9.17, 15) is 0 Å². The average molecular weight is 1030 g/mol. The summed E-state index contributed by atoms with van der Waals surface area (Å²) in [5.41, 5.74) is 8.49. The third kappa shape index (κ3) is 7.15. The normalized spacial score (nSPS) is 13.2. The van der Waals surface area contributed by atoms with Gasteiger partial charge < -0.3 is 18.9 Å². The summed E-state index contributed by atoms with van der Waals surface area (Å²) in [6, 6.07) is 88.2. The molecule has 0 unspecified atom stereocenters. The Bertz CT molecular complexity index is 4420. The van der Waals surface area contributed by atoms with E-state index >= 15 is 0 Å². The second-order valence-electron chi connectivity index (χ2n) is 21.7. The van der Waals surface area contributed by atoms with Gasteiger partial charge in [0.25, 0.3) is 0 Å². The summed E-state index contributed by atoms with van der Waals surface area (Å²) < 4.78 is 28.4. The lowest BCUT2D eigenvalue weighted by Gasteiger charge is -2.21. The highest BCUT2D eigenvalue weighted by atomic mass is 16.5. The topological polar surface area (TPSA) is 36.9 Å². The second kappa shape index (κ2) is 17.7. The first kappa shape index (κ1) is 44.9. The number of fused-ring (bicyclic) bond motifs is 4. The maximum absolute atomic E-state index is 7.09. The molecule has 80 heavy (non-hydrogen) atoms.